The third kappa shape index (κ3) is 4.12. The van der Waals surface area contributed by atoms with Crippen molar-refractivity contribution in [2.24, 2.45) is 0 Å². The number of ether oxygens (including phenoxy) is 2. The van der Waals surface area contributed by atoms with Crippen LogP contribution in [-0.4, -0.2) is 60.7 Å². The fourth-order valence-corrected chi connectivity index (χ4v) is 3.34. The van der Waals surface area contributed by atoms with Gasteiger partial charge in [0.2, 0.25) is 5.91 Å². The monoisotopic (exact) mass is 396 g/mol. The van der Waals surface area contributed by atoms with Crippen molar-refractivity contribution in [1.82, 2.24) is 14.9 Å². The first-order valence-electron chi connectivity index (χ1n) is 9.34. The maximum absolute atomic E-state index is 13.3. The van der Waals surface area contributed by atoms with E-state index in [1.165, 1.54) is 18.5 Å². The van der Waals surface area contributed by atoms with Gasteiger partial charge >= 0.3 is 0 Å². The molecule has 0 aliphatic carbocycles. The van der Waals surface area contributed by atoms with Crippen LogP contribution in [0.15, 0.2) is 42.7 Å². The van der Waals surface area contributed by atoms with Crippen LogP contribution in [0.5, 0.6) is 5.75 Å². The summed E-state index contributed by atoms with van der Waals surface area (Å²) in [6.45, 7) is 2.38. The summed E-state index contributed by atoms with van der Waals surface area (Å²) in [5.74, 6) is 0.962. The molecule has 8 heteroatoms. The fraction of sp³-hybridized carbons (Fsp3) is 0.286. The molecule has 1 amide bonds. The predicted molar refractivity (Wildman–Crippen MR) is 107 cm³/mol. The van der Waals surface area contributed by atoms with Crippen molar-refractivity contribution in [3.05, 3.63) is 48.5 Å². The highest BCUT2D eigenvalue weighted by Crippen LogP contribution is 2.34. The number of rotatable bonds is 6. The summed E-state index contributed by atoms with van der Waals surface area (Å²) in [7, 11) is 1.59. The van der Waals surface area contributed by atoms with Crippen molar-refractivity contribution < 1.29 is 18.7 Å². The van der Waals surface area contributed by atoms with Gasteiger partial charge in [0.1, 0.15) is 35.8 Å². The number of hydrogen-bond donors (Lipinski definition) is 1. The summed E-state index contributed by atoms with van der Waals surface area (Å²) in [6, 6.07) is 10.1. The molecule has 0 radical (unpaired) electrons. The fourth-order valence-electron chi connectivity index (χ4n) is 3.34. The Morgan fingerprint density at radius 3 is 2.79 bits per heavy atom. The highest BCUT2D eigenvalue weighted by atomic mass is 19.1. The molecule has 2 heterocycles. The van der Waals surface area contributed by atoms with Crippen molar-refractivity contribution in [3.8, 4) is 16.9 Å². The van der Waals surface area contributed by atoms with E-state index < -0.39 is 0 Å². The van der Waals surface area contributed by atoms with E-state index in [0.717, 1.165) is 16.5 Å². The number of carbonyl (C=O) groups is 1. The Hall–Kier alpha value is -3.26. The average Bonchev–Trinajstić information content (AvgIpc) is 2.75. The van der Waals surface area contributed by atoms with Crippen LogP contribution < -0.4 is 10.1 Å². The SMILES string of the molecule is COc1cc(-c2ccc(F)cc2)cc2c(NCCN3CCOCC3=O)ncnc12. The average molecular weight is 396 g/mol. The van der Waals surface area contributed by atoms with Crippen molar-refractivity contribution in [2.75, 3.05) is 45.3 Å². The second-order valence-electron chi connectivity index (χ2n) is 6.66. The highest BCUT2D eigenvalue weighted by molar-refractivity contribution is 5.96. The highest BCUT2D eigenvalue weighted by Gasteiger charge is 2.18. The Balaban J connectivity index is 1.62. The van der Waals surface area contributed by atoms with Gasteiger partial charge in [-0.05, 0) is 35.4 Å². The topological polar surface area (TPSA) is 76.6 Å². The number of methoxy groups -OCH3 is 1. The van der Waals surface area contributed by atoms with Crippen LogP contribution in [0, 0.1) is 5.82 Å². The molecule has 4 rings (SSSR count). The van der Waals surface area contributed by atoms with Crippen molar-refractivity contribution in [3.63, 3.8) is 0 Å². The number of amides is 1. The van der Waals surface area contributed by atoms with Gasteiger partial charge in [0.25, 0.3) is 0 Å². The molecule has 7 nitrogen and oxygen atoms in total. The van der Waals surface area contributed by atoms with Gasteiger partial charge in [-0.2, -0.15) is 0 Å². The molecule has 3 aromatic rings. The number of morpholine rings is 1. The van der Waals surface area contributed by atoms with Gasteiger partial charge in [0.05, 0.1) is 13.7 Å². The number of fused-ring (bicyclic) bond motifs is 1. The van der Waals surface area contributed by atoms with E-state index >= 15 is 0 Å². The number of anilines is 1. The smallest absolute Gasteiger partial charge is 0.248 e. The molecule has 1 aromatic heterocycles. The predicted octanol–water partition coefficient (Wildman–Crippen LogP) is 2.72. The van der Waals surface area contributed by atoms with Crippen molar-refractivity contribution in [1.29, 1.82) is 0 Å². The van der Waals surface area contributed by atoms with Gasteiger partial charge < -0.3 is 19.7 Å². The molecule has 29 heavy (non-hydrogen) atoms. The molecule has 150 valence electrons. The van der Waals surface area contributed by atoms with Gasteiger partial charge in [-0.25, -0.2) is 14.4 Å². The zero-order chi connectivity index (χ0) is 20.2. The lowest BCUT2D eigenvalue weighted by Crippen LogP contribution is -2.43. The van der Waals surface area contributed by atoms with E-state index in [2.05, 4.69) is 15.3 Å². The van der Waals surface area contributed by atoms with Crippen LogP contribution in [-0.2, 0) is 9.53 Å². The van der Waals surface area contributed by atoms with E-state index in [4.69, 9.17) is 9.47 Å². The molecule has 0 saturated carbocycles. The standard InChI is InChI=1S/C21H21FN4O3/c1-28-18-11-15(14-2-4-16(22)5-3-14)10-17-20(18)24-13-25-21(17)23-6-7-26-8-9-29-12-19(26)27/h2-5,10-11,13H,6-9,12H2,1H3,(H,23,24,25). The Morgan fingerprint density at radius 1 is 1.21 bits per heavy atom. The number of nitrogens with one attached hydrogen (secondary N) is 1. The van der Waals surface area contributed by atoms with Crippen molar-refractivity contribution >= 4 is 22.6 Å². The van der Waals surface area contributed by atoms with Crippen LogP contribution in [0.3, 0.4) is 0 Å². The molecular weight excluding hydrogens is 375 g/mol. The van der Waals surface area contributed by atoms with Crippen molar-refractivity contribution in [2.45, 2.75) is 0 Å². The Bertz CT molecular complexity index is 1030. The molecule has 1 aliphatic rings. The number of aromatic nitrogens is 2. The zero-order valence-electron chi connectivity index (χ0n) is 16.0. The molecule has 2 aromatic carbocycles. The maximum atomic E-state index is 13.3. The third-order valence-electron chi connectivity index (χ3n) is 4.86. The minimum atomic E-state index is -0.287. The van der Waals surface area contributed by atoms with Gasteiger partial charge in [-0.15, -0.1) is 0 Å². The van der Waals surface area contributed by atoms with Crippen LogP contribution in [0.1, 0.15) is 0 Å². The lowest BCUT2D eigenvalue weighted by molar-refractivity contribution is -0.142. The summed E-state index contributed by atoms with van der Waals surface area (Å²) < 4.78 is 24.0. The normalized spacial score (nSPS) is 14.3. The number of nitrogens with zero attached hydrogens (tertiary/aromatic N) is 3. The molecule has 0 atom stereocenters. The molecular formula is C21H21FN4O3. The van der Waals surface area contributed by atoms with Gasteiger partial charge in [0, 0.05) is 25.0 Å². The largest absolute Gasteiger partial charge is 0.494 e. The number of halogens is 1. The van der Waals surface area contributed by atoms with E-state index in [0.29, 0.717) is 43.3 Å². The molecule has 0 bridgehead atoms. The molecule has 0 spiro atoms. The lowest BCUT2D eigenvalue weighted by Gasteiger charge is -2.26. The second kappa shape index (κ2) is 8.40. The zero-order valence-corrected chi connectivity index (χ0v) is 16.0. The summed E-state index contributed by atoms with van der Waals surface area (Å²) in [5.41, 5.74) is 2.41. The van der Waals surface area contributed by atoms with Gasteiger partial charge in [-0.1, -0.05) is 12.1 Å². The van der Waals surface area contributed by atoms with E-state index in [-0.39, 0.29) is 18.3 Å². The Labute approximate surface area is 167 Å². The first-order valence-corrected chi connectivity index (χ1v) is 9.34. The minimum absolute atomic E-state index is 0.00846. The molecule has 0 unspecified atom stereocenters. The van der Waals surface area contributed by atoms with Crippen LogP contribution in [0.25, 0.3) is 22.0 Å². The minimum Gasteiger partial charge on any atom is -0.494 e. The Morgan fingerprint density at radius 2 is 2.03 bits per heavy atom. The summed E-state index contributed by atoms with van der Waals surface area (Å²) >= 11 is 0. The first-order chi connectivity index (χ1) is 14.2. The number of benzene rings is 2. The maximum Gasteiger partial charge on any atom is 0.248 e. The van der Waals surface area contributed by atoms with E-state index in [1.807, 2.05) is 12.1 Å². The van der Waals surface area contributed by atoms with Gasteiger partial charge in [-0.3, -0.25) is 4.79 Å². The summed E-state index contributed by atoms with van der Waals surface area (Å²) in [5, 5.41) is 4.08. The van der Waals surface area contributed by atoms with E-state index in [1.54, 1.807) is 24.1 Å². The van der Waals surface area contributed by atoms with Crippen LogP contribution in [0.2, 0.25) is 0 Å². The molecule has 1 N–H and O–H groups in total. The number of carbonyl (C=O) groups excluding carboxylic acids is 1. The number of hydrogen-bond acceptors (Lipinski definition) is 6. The van der Waals surface area contributed by atoms with Gasteiger partial charge in [0.15, 0.2) is 0 Å². The third-order valence-corrected chi connectivity index (χ3v) is 4.86. The first kappa shape index (κ1) is 19.1. The lowest BCUT2D eigenvalue weighted by atomic mass is 10.0. The summed E-state index contributed by atoms with van der Waals surface area (Å²) in [6.07, 6.45) is 1.48. The second-order valence-corrected chi connectivity index (χ2v) is 6.66. The van der Waals surface area contributed by atoms with E-state index in [9.17, 15) is 9.18 Å². The van der Waals surface area contributed by atoms with Crippen LogP contribution >= 0.6 is 0 Å². The Kier molecular flexibility index (Phi) is 5.53. The summed E-state index contributed by atoms with van der Waals surface area (Å²) in [4.78, 5) is 22.4. The molecule has 1 fully saturated rings. The quantitative estimate of drug-likeness (QED) is 0.691. The molecule has 1 aliphatic heterocycles. The molecule has 1 saturated heterocycles. The van der Waals surface area contributed by atoms with Crippen LogP contribution in [0.4, 0.5) is 10.2 Å².